The van der Waals surface area contributed by atoms with Gasteiger partial charge in [0.1, 0.15) is 9.84 Å². The van der Waals surface area contributed by atoms with E-state index in [9.17, 15) is 8.42 Å². The largest absolute Gasteiger partial charge is 0.330 e. The molecule has 0 aliphatic carbocycles. The third-order valence-corrected chi connectivity index (χ3v) is 5.43. The fourth-order valence-electron chi connectivity index (χ4n) is 1.99. The first-order valence-electron chi connectivity index (χ1n) is 4.98. The molecule has 1 fully saturated rings. The molecule has 84 valence electrons. The van der Waals surface area contributed by atoms with Crippen molar-refractivity contribution in [2.45, 2.75) is 12.8 Å². The van der Waals surface area contributed by atoms with Gasteiger partial charge in [0.05, 0.1) is 11.5 Å². The predicted molar refractivity (Wildman–Crippen MR) is 62.3 cm³/mol. The maximum absolute atomic E-state index is 11.2. The number of thioether (sulfide) groups is 1. The molecule has 3 nitrogen and oxygen atoms in total. The third kappa shape index (κ3) is 3.44. The van der Waals surface area contributed by atoms with Gasteiger partial charge in [-0.2, -0.15) is 11.8 Å². The molecule has 0 spiro atoms. The van der Waals surface area contributed by atoms with Crippen molar-refractivity contribution in [3.8, 4) is 0 Å². The van der Waals surface area contributed by atoms with Crippen LogP contribution in [0, 0.1) is 11.8 Å². The summed E-state index contributed by atoms with van der Waals surface area (Å²) in [5, 5.41) is 0. The number of hydrogen-bond acceptors (Lipinski definition) is 4. The molecule has 1 aliphatic heterocycles. The summed E-state index contributed by atoms with van der Waals surface area (Å²) in [6.07, 6.45) is 3.69. The zero-order valence-corrected chi connectivity index (χ0v) is 10.2. The van der Waals surface area contributed by atoms with E-state index in [1.807, 2.05) is 0 Å². The van der Waals surface area contributed by atoms with E-state index in [-0.39, 0.29) is 0 Å². The summed E-state index contributed by atoms with van der Waals surface area (Å²) in [6.45, 7) is 0.686. The molecule has 0 aromatic carbocycles. The van der Waals surface area contributed by atoms with Crippen LogP contribution in [0.5, 0.6) is 0 Å². The normalized spacial score (nSPS) is 24.7. The summed E-state index contributed by atoms with van der Waals surface area (Å²) in [4.78, 5) is 0. The van der Waals surface area contributed by atoms with Gasteiger partial charge < -0.3 is 5.73 Å². The van der Waals surface area contributed by atoms with Gasteiger partial charge in [-0.3, -0.25) is 0 Å². The van der Waals surface area contributed by atoms with Crippen LogP contribution in [0.4, 0.5) is 0 Å². The van der Waals surface area contributed by atoms with Crippen LogP contribution in [0.25, 0.3) is 0 Å². The van der Waals surface area contributed by atoms with Crippen molar-refractivity contribution in [3.05, 3.63) is 0 Å². The second kappa shape index (κ2) is 5.37. The maximum Gasteiger partial charge on any atom is 0.150 e. The fraction of sp³-hybridized carbons (Fsp3) is 1.00. The summed E-state index contributed by atoms with van der Waals surface area (Å²) in [6, 6.07) is 0. The molecule has 0 amide bonds. The lowest BCUT2D eigenvalue weighted by molar-refractivity contribution is 0.341. The average molecular weight is 237 g/mol. The van der Waals surface area contributed by atoms with Gasteiger partial charge >= 0.3 is 0 Å². The standard InChI is InChI=1S/C9H19NO2S2/c1-13-7-9(6-10)8-2-4-14(11,12)5-3-8/h8-9H,2-7,10H2,1H3. The highest BCUT2D eigenvalue weighted by Crippen LogP contribution is 2.27. The molecule has 1 rings (SSSR count). The number of sulfone groups is 1. The Morgan fingerprint density at radius 2 is 2.00 bits per heavy atom. The van der Waals surface area contributed by atoms with E-state index in [2.05, 4.69) is 6.26 Å². The van der Waals surface area contributed by atoms with Crippen molar-refractivity contribution in [2.75, 3.05) is 30.1 Å². The number of hydrogen-bond donors (Lipinski definition) is 1. The first-order valence-corrected chi connectivity index (χ1v) is 8.20. The minimum Gasteiger partial charge on any atom is -0.330 e. The lowest BCUT2D eigenvalue weighted by Gasteiger charge is -2.28. The van der Waals surface area contributed by atoms with E-state index >= 15 is 0 Å². The van der Waals surface area contributed by atoms with Crippen molar-refractivity contribution < 1.29 is 8.42 Å². The lowest BCUT2D eigenvalue weighted by Crippen LogP contribution is -2.33. The number of rotatable bonds is 4. The zero-order chi connectivity index (χ0) is 10.6. The summed E-state index contributed by atoms with van der Waals surface area (Å²) in [5.74, 6) is 2.81. The third-order valence-electron chi connectivity index (χ3n) is 2.95. The van der Waals surface area contributed by atoms with Gasteiger partial charge in [-0.1, -0.05) is 0 Å². The van der Waals surface area contributed by atoms with Gasteiger partial charge in [0.25, 0.3) is 0 Å². The molecule has 1 heterocycles. The number of nitrogens with two attached hydrogens (primary N) is 1. The Morgan fingerprint density at radius 1 is 1.43 bits per heavy atom. The molecular weight excluding hydrogens is 218 g/mol. The van der Waals surface area contributed by atoms with Crippen LogP contribution in [0.15, 0.2) is 0 Å². The van der Waals surface area contributed by atoms with Crippen LogP contribution in [-0.4, -0.2) is 38.5 Å². The first-order chi connectivity index (χ1) is 6.59. The molecule has 0 bridgehead atoms. The van der Waals surface area contributed by atoms with E-state index in [0.717, 1.165) is 18.6 Å². The molecule has 14 heavy (non-hydrogen) atoms. The monoisotopic (exact) mass is 237 g/mol. The topological polar surface area (TPSA) is 60.2 Å². The van der Waals surface area contributed by atoms with E-state index in [1.54, 1.807) is 11.8 Å². The zero-order valence-electron chi connectivity index (χ0n) is 8.61. The van der Waals surface area contributed by atoms with Crippen LogP contribution in [0.3, 0.4) is 0 Å². The highest BCUT2D eigenvalue weighted by atomic mass is 32.2. The van der Waals surface area contributed by atoms with Crippen molar-refractivity contribution in [1.29, 1.82) is 0 Å². The lowest BCUT2D eigenvalue weighted by atomic mass is 9.89. The van der Waals surface area contributed by atoms with Gasteiger partial charge in [-0.05, 0) is 43.2 Å². The molecule has 0 saturated carbocycles. The van der Waals surface area contributed by atoms with Gasteiger partial charge in [0, 0.05) is 0 Å². The predicted octanol–water partition coefficient (Wildman–Crippen LogP) is 0.749. The van der Waals surface area contributed by atoms with E-state index in [0.29, 0.717) is 29.9 Å². The van der Waals surface area contributed by atoms with Crippen LogP contribution in [-0.2, 0) is 9.84 Å². The molecule has 5 heteroatoms. The smallest absolute Gasteiger partial charge is 0.150 e. The molecule has 1 unspecified atom stereocenters. The molecular formula is C9H19NO2S2. The van der Waals surface area contributed by atoms with Gasteiger partial charge in [0.15, 0.2) is 0 Å². The van der Waals surface area contributed by atoms with Crippen LogP contribution >= 0.6 is 11.8 Å². The molecule has 2 N–H and O–H groups in total. The van der Waals surface area contributed by atoms with E-state index in [4.69, 9.17) is 5.73 Å². The quantitative estimate of drug-likeness (QED) is 0.784. The Bertz CT molecular complexity index is 250. The SMILES string of the molecule is CSCC(CN)C1CCS(=O)(=O)CC1. The minimum atomic E-state index is -2.72. The summed E-state index contributed by atoms with van der Waals surface area (Å²) in [5.41, 5.74) is 5.69. The van der Waals surface area contributed by atoms with Crippen molar-refractivity contribution in [3.63, 3.8) is 0 Å². The Morgan fingerprint density at radius 3 is 2.43 bits per heavy atom. The molecule has 0 radical (unpaired) electrons. The van der Waals surface area contributed by atoms with Gasteiger partial charge in [-0.25, -0.2) is 8.42 Å². The fourth-order valence-corrected chi connectivity index (χ4v) is 4.35. The molecule has 1 saturated heterocycles. The molecule has 1 atom stereocenters. The van der Waals surface area contributed by atoms with Crippen molar-refractivity contribution >= 4 is 21.6 Å². The van der Waals surface area contributed by atoms with Gasteiger partial charge in [0.2, 0.25) is 0 Å². The summed E-state index contributed by atoms with van der Waals surface area (Å²) >= 11 is 1.80. The molecule has 0 aromatic rings. The van der Waals surface area contributed by atoms with Crippen LogP contribution in [0.1, 0.15) is 12.8 Å². The average Bonchev–Trinajstić information content (AvgIpc) is 2.15. The first kappa shape index (κ1) is 12.3. The van der Waals surface area contributed by atoms with E-state index < -0.39 is 9.84 Å². The molecule has 0 aromatic heterocycles. The highest BCUT2D eigenvalue weighted by Gasteiger charge is 2.28. The Balaban J connectivity index is 2.47. The van der Waals surface area contributed by atoms with E-state index in [1.165, 1.54) is 0 Å². The Kier molecular flexibility index (Phi) is 4.73. The summed E-state index contributed by atoms with van der Waals surface area (Å²) < 4.78 is 22.5. The highest BCUT2D eigenvalue weighted by molar-refractivity contribution is 7.98. The van der Waals surface area contributed by atoms with Crippen molar-refractivity contribution in [2.24, 2.45) is 17.6 Å². The van der Waals surface area contributed by atoms with Crippen LogP contribution in [0.2, 0.25) is 0 Å². The Hall–Kier alpha value is 0.260. The van der Waals surface area contributed by atoms with Crippen molar-refractivity contribution in [1.82, 2.24) is 0 Å². The van der Waals surface area contributed by atoms with Gasteiger partial charge in [-0.15, -0.1) is 0 Å². The Labute approximate surface area is 90.7 Å². The maximum atomic E-state index is 11.2. The molecule has 1 aliphatic rings. The minimum absolute atomic E-state index is 0.364. The van der Waals surface area contributed by atoms with Crippen LogP contribution < -0.4 is 5.73 Å². The summed E-state index contributed by atoms with van der Waals surface area (Å²) in [7, 11) is -2.72. The second-order valence-electron chi connectivity index (χ2n) is 3.94. The second-order valence-corrected chi connectivity index (χ2v) is 7.15.